The van der Waals surface area contributed by atoms with Crippen LogP contribution in [0.2, 0.25) is 0 Å². The molecule has 0 aliphatic carbocycles. The maximum atomic E-state index is 11.6. The fourth-order valence-corrected chi connectivity index (χ4v) is 1.74. The Hall–Kier alpha value is -0.710. The molecule has 0 unspecified atom stereocenters. The lowest BCUT2D eigenvalue weighted by Crippen LogP contribution is -2.38. The molecule has 3 nitrogen and oxygen atoms in total. The Labute approximate surface area is 97.5 Å². The minimum Gasteiger partial charge on any atom is -0.343 e. The van der Waals surface area contributed by atoms with Crippen molar-refractivity contribution in [2.45, 2.75) is 12.7 Å². The first-order valence-corrected chi connectivity index (χ1v) is 5.23. The average molecular weight is 273 g/mol. The first-order valence-electron chi connectivity index (χ1n) is 4.44. The number of methoxy groups -OCH3 is 2. The van der Waals surface area contributed by atoms with Gasteiger partial charge in [-0.25, -0.2) is 0 Å². The molecule has 0 saturated carbocycles. The summed E-state index contributed by atoms with van der Waals surface area (Å²) >= 11 is 3.33. The Kier molecular flexibility index (Phi) is 4.02. The summed E-state index contributed by atoms with van der Waals surface area (Å²) in [7, 11) is 2.90. The Morgan fingerprint density at radius 3 is 2.00 bits per heavy atom. The van der Waals surface area contributed by atoms with E-state index in [1.165, 1.54) is 21.1 Å². The number of carbonyl (C=O) groups is 1. The third kappa shape index (κ3) is 2.27. The van der Waals surface area contributed by atoms with Crippen LogP contribution in [0, 0.1) is 0 Å². The Morgan fingerprint density at radius 1 is 1.20 bits per heavy atom. The lowest BCUT2D eigenvalue weighted by molar-refractivity contribution is -0.211. The molecule has 0 spiro atoms. The van der Waals surface area contributed by atoms with E-state index in [-0.39, 0.29) is 5.78 Å². The molecule has 1 aromatic carbocycles. The van der Waals surface area contributed by atoms with Gasteiger partial charge in [-0.1, -0.05) is 28.1 Å². The van der Waals surface area contributed by atoms with E-state index in [4.69, 9.17) is 9.47 Å². The molecule has 0 aliphatic rings. The van der Waals surface area contributed by atoms with E-state index in [0.29, 0.717) is 5.56 Å². The summed E-state index contributed by atoms with van der Waals surface area (Å²) in [6.45, 7) is 1.44. The Morgan fingerprint density at radius 2 is 1.67 bits per heavy atom. The second kappa shape index (κ2) is 4.88. The summed E-state index contributed by atoms with van der Waals surface area (Å²) in [6.07, 6.45) is 0. The summed E-state index contributed by atoms with van der Waals surface area (Å²) in [6, 6.07) is 7.26. The fourth-order valence-electron chi connectivity index (χ4n) is 1.48. The van der Waals surface area contributed by atoms with Gasteiger partial charge in [0.1, 0.15) is 0 Å². The molecule has 0 aliphatic heterocycles. The van der Waals surface area contributed by atoms with Gasteiger partial charge in [-0.3, -0.25) is 4.79 Å². The van der Waals surface area contributed by atoms with Gasteiger partial charge in [0, 0.05) is 31.2 Å². The molecule has 0 atom stereocenters. The van der Waals surface area contributed by atoms with Gasteiger partial charge in [-0.05, 0) is 12.1 Å². The molecular formula is C11H13BrO3. The minimum absolute atomic E-state index is 0.185. The summed E-state index contributed by atoms with van der Waals surface area (Å²) in [5.74, 6) is -1.48. The molecule has 1 rings (SSSR count). The van der Waals surface area contributed by atoms with Gasteiger partial charge >= 0.3 is 0 Å². The van der Waals surface area contributed by atoms with E-state index in [0.717, 1.165) is 4.47 Å². The number of hydrogen-bond acceptors (Lipinski definition) is 3. The highest BCUT2D eigenvalue weighted by Gasteiger charge is 2.37. The van der Waals surface area contributed by atoms with Crippen molar-refractivity contribution in [2.24, 2.45) is 0 Å². The molecule has 0 N–H and O–H groups in total. The lowest BCUT2D eigenvalue weighted by Gasteiger charge is -2.28. The van der Waals surface area contributed by atoms with Gasteiger partial charge in [-0.2, -0.15) is 0 Å². The minimum atomic E-state index is -1.29. The first kappa shape index (κ1) is 12.4. The zero-order chi connectivity index (χ0) is 11.5. The second-order valence-electron chi connectivity index (χ2n) is 3.09. The quantitative estimate of drug-likeness (QED) is 0.790. The summed E-state index contributed by atoms with van der Waals surface area (Å²) in [5.41, 5.74) is 0.684. The number of Topliss-reactive ketones (excluding diaryl/α,β-unsaturated/α-hetero) is 1. The van der Waals surface area contributed by atoms with Gasteiger partial charge in [0.15, 0.2) is 5.78 Å². The molecular weight excluding hydrogens is 260 g/mol. The van der Waals surface area contributed by atoms with Crippen LogP contribution >= 0.6 is 15.9 Å². The SMILES string of the molecule is COC(OC)(C(C)=O)c1ccc(Br)cc1. The zero-order valence-electron chi connectivity index (χ0n) is 8.91. The topological polar surface area (TPSA) is 35.5 Å². The van der Waals surface area contributed by atoms with E-state index in [1.54, 1.807) is 12.1 Å². The zero-order valence-corrected chi connectivity index (χ0v) is 10.5. The van der Waals surface area contributed by atoms with Crippen LogP contribution in [0.1, 0.15) is 12.5 Å². The predicted octanol–water partition coefficient (Wildman–Crippen LogP) is 2.48. The van der Waals surface area contributed by atoms with Crippen molar-refractivity contribution in [3.8, 4) is 0 Å². The van der Waals surface area contributed by atoms with Crippen LogP contribution in [0.25, 0.3) is 0 Å². The number of rotatable bonds is 4. The van der Waals surface area contributed by atoms with Crippen LogP contribution in [0.3, 0.4) is 0 Å². The number of ketones is 1. The summed E-state index contributed by atoms with van der Waals surface area (Å²) in [5, 5.41) is 0. The van der Waals surface area contributed by atoms with Crippen LogP contribution in [-0.2, 0) is 20.1 Å². The predicted molar refractivity (Wildman–Crippen MR) is 60.5 cm³/mol. The van der Waals surface area contributed by atoms with Gasteiger partial charge < -0.3 is 9.47 Å². The van der Waals surface area contributed by atoms with Crippen LogP contribution in [-0.4, -0.2) is 20.0 Å². The number of ether oxygens (including phenoxy) is 2. The molecule has 0 saturated heterocycles. The molecule has 15 heavy (non-hydrogen) atoms. The van der Waals surface area contributed by atoms with Crippen LogP contribution in [0.15, 0.2) is 28.7 Å². The van der Waals surface area contributed by atoms with E-state index >= 15 is 0 Å². The fraction of sp³-hybridized carbons (Fsp3) is 0.364. The smallest absolute Gasteiger partial charge is 0.255 e. The molecule has 0 amide bonds. The van der Waals surface area contributed by atoms with Crippen molar-refractivity contribution >= 4 is 21.7 Å². The summed E-state index contributed by atoms with van der Waals surface area (Å²) < 4.78 is 11.3. The molecule has 4 heteroatoms. The molecule has 0 bridgehead atoms. The maximum Gasteiger partial charge on any atom is 0.255 e. The van der Waals surface area contributed by atoms with Crippen LogP contribution in [0.5, 0.6) is 0 Å². The van der Waals surface area contributed by atoms with Crippen molar-refractivity contribution in [2.75, 3.05) is 14.2 Å². The van der Waals surface area contributed by atoms with Crippen molar-refractivity contribution in [1.29, 1.82) is 0 Å². The monoisotopic (exact) mass is 272 g/mol. The van der Waals surface area contributed by atoms with Crippen LogP contribution < -0.4 is 0 Å². The van der Waals surface area contributed by atoms with Gasteiger partial charge in [0.25, 0.3) is 5.79 Å². The van der Waals surface area contributed by atoms with E-state index in [9.17, 15) is 4.79 Å². The Bertz CT molecular complexity index is 341. The largest absolute Gasteiger partial charge is 0.343 e. The highest BCUT2D eigenvalue weighted by molar-refractivity contribution is 9.10. The number of carbonyl (C=O) groups excluding carboxylic acids is 1. The molecule has 82 valence electrons. The molecule has 1 aromatic rings. The maximum absolute atomic E-state index is 11.6. The normalized spacial score (nSPS) is 11.5. The van der Waals surface area contributed by atoms with Gasteiger partial charge in [-0.15, -0.1) is 0 Å². The highest BCUT2D eigenvalue weighted by Crippen LogP contribution is 2.28. The number of hydrogen-bond donors (Lipinski definition) is 0. The third-order valence-electron chi connectivity index (χ3n) is 2.26. The molecule has 0 radical (unpaired) electrons. The Balaban J connectivity index is 3.20. The molecule has 0 fully saturated rings. The highest BCUT2D eigenvalue weighted by atomic mass is 79.9. The summed E-state index contributed by atoms with van der Waals surface area (Å²) in [4.78, 5) is 11.6. The van der Waals surface area contributed by atoms with Gasteiger partial charge in [0.05, 0.1) is 0 Å². The lowest BCUT2D eigenvalue weighted by atomic mass is 10.0. The number of halogens is 1. The van der Waals surface area contributed by atoms with E-state index in [2.05, 4.69) is 15.9 Å². The second-order valence-corrected chi connectivity index (χ2v) is 4.00. The van der Waals surface area contributed by atoms with Gasteiger partial charge in [0.2, 0.25) is 0 Å². The van der Waals surface area contributed by atoms with E-state index in [1.807, 2.05) is 12.1 Å². The average Bonchev–Trinajstić information content (AvgIpc) is 2.22. The molecule has 0 aromatic heterocycles. The van der Waals surface area contributed by atoms with E-state index < -0.39 is 5.79 Å². The standard InChI is InChI=1S/C11H13BrO3/c1-8(13)11(14-2,15-3)9-4-6-10(12)7-5-9/h4-7H,1-3H3. The first-order chi connectivity index (χ1) is 7.06. The van der Waals surface area contributed by atoms with Crippen molar-refractivity contribution in [3.63, 3.8) is 0 Å². The van der Waals surface area contributed by atoms with Crippen molar-refractivity contribution in [1.82, 2.24) is 0 Å². The van der Waals surface area contributed by atoms with Crippen molar-refractivity contribution in [3.05, 3.63) is 34.3 Å². The van der Waals surface area contributed by atoms with Crippen molar-refractivity contribution < 1.29 is 14.3 Å². The van der Waals surface area contributed by atoms with Crippen LogP contribution in [0.4, 0.5) is 0 Å². The third-order valence-corrected chi connectivity index (χ3v) is 2.79. The number of benzene rings is 1. The molecule has 0 heterocycles.